The summed E-state index contributed by atoms with van der Waals surface area (Å²) >= 11 is 0. The third-order valence-electron chi connectivity index (χ3n) is 2.49. The molecular weight excluding hydrogens is 268 g/mol. The van der Waals surface area contributed by atoms with Crippen molar-refractivity contribution < 1.29 is 19.9 Å². The Labute approximate surface area is 116 Å². The maximum atomic E-state index is 10.5. The van der Waals surface area contributed by atoms with Gasteiger partial charge in [-0.25, -0.2) is 0 Å². The van der Waals surface area contributed by atoms with Crippen molar-refractivity contribution in [1.29, 1.82) is 0 Å². The van der Waals surface area contributed by atoms with E-state index in [1.165, 1.54) is 10.9 Å². The maximum Gasteiger partial charge on any atom is 0.306 e. The van der Waals surface area contributed by atoms with Gasteiger partial charge in [0.1, 0.15) is 12.4 Å². The molecule has 1 rings (SSSR count). The molecule has 3 N–H and O–H groups in total. The number of nitrogens with one attached hydrogen (secondary N) is 1. The number of aromatic nitrogens is 2. The molecule has 1 unspecified atom stereocenters. The Balaban J connectivity index is 2.10. The molecule has 0 aliphatic heterocycles. The van der Waals surface area contributed by atoms with E-state index < -0.39 is 11.0 Å². The molecular formula is C11H20N4O5. The molecule has 1 aromatic heterocycles. The third kappa shape index (κ3) is 6.57. The van der Waals surface area contributed by atoms with Crippen molar-refractivity contribution in [3.63, 3.8) is 0 Å². The molecule has 0 aliphatic rings. The topological polar surface area (TPSA) is 123 Å². The van der Waals surface area contributed by atoms with Crippen molar-refractivity contribution in [2.75, 3.05) is 32.9 Å². The first-order chi connectivity index (χ1) is 9.63. The summed E-state index contributed by atoms with van der Waals surface area (Å²) < 4.78 is 6.42. The van der Waals surface area contributed by atoms with E-state index in [9.17, 15) is 15.2 Å². The largest absolute Gasteiger partial charge is 0.394 e. The van der Waals surface area contributed by atoms with Crippen LogP contribution in [0.1, 0.15) is 6.42 Å². The number of aliphatic hydroxyl groups excluding tert-OH is 2. The van der Waals surface area contributed by atoms with Crippen molar-refractivity contribution in [2.45, 2.75) is 19.1 Å². The first kappa shape index (κ1) is 16.5. The first-order valence-electron chi connectivity index (χ1n) is 6.37. The summed E-state index contributed by atoms with van der Waals surface area (Å²) in [5.74, 6) is 0. The van der Waals surface area contributed by atoms with Gasteiger partial charge in [-0.3, -0.25) is 14.8 Å². The first-order valence-corrected chi connectivity index (χ1v) is 6.37. The van der Waals surface area contributed by atoms with Gasteiger partial charge in [-0.15, -0.1) is 0 Å². The molecule has 1 heterocycles. The Morgan fingerprint density at radius 2 is 2.35 bits per heavy atom. The fraction of sp³-hybridized carbons (Fsp3) is 0.727. The van der Waals surface area contributed by atoms with E-state index in [1.807, 2.05) is 0 Å². The molecule has 0 aliphatic carbocycles. The van der Waals surface area contributed by atoms with Gasteiger partial charge in [-0.1, -0.05) is 0 Å². The summed E-state index contributed by atoms with van der Waals surface area (Å²) in [4.78, 5) is 9.94. The quantitative estimate of drug-likeness (QED) is 0.275. The van der Waals surface area contributed by atoms with Crippen LogP contribution in [0.3, 0.4) is 0 Å². The Bertz CT molecular complexity index is 398. The van der Waals surface area contributed by atoms with E-state index in [2.05, 4.69) is 10.4 Å². The number of nitro groups is 1. The van der Waals surface area contributed by atoms with Crippen LogP contribution in [0.5, 0.6) is 0 Å². The molecule has 0 bridgehead atoms. The molecule has 0 radical (unpaired) electrons. The minimum atomic E-state index is -0.673. The van der Waals surface area contributed by atoms with Crippen molar-refractivity contribution in [3.05, 3.63) is 22.5 Å². The minimum Gasteiger partial charge on any atom is -0.394 e. The van der Waals surface area contributed by atoms with E-state index in [1.54, 1.807) is 0 Å². The number of ether oxygens (including phenoxy) is 1. The van der Waals surface area contributed by atoms with E-state index in [4.69, 9.17) is 9.84 Å². The van der Waals surface area contributed by atoms with Crippen LogP contribution in [-0.4, -0.2) is 63.9 Å². The van der Waals surface area contributed by atoms with Gasteiger partial charge in [0.15, 0.2) is 0 Å². The highest BCUT2D eigenvalue weighted by Gasteiger charge is 2.11. The Morgan fingerprint density at radius 1 is 1.55 bits per heavy atom. The average Bonchev–Trinajstić information content (AvgIpc) is 2.86. The summed E-state index contributed by atoms with van der Waals surface area (Å²) in [6.45, 7) is 2.15. The van der Waals surface area contributed by atoms with Crippen LogP contribution in [0, 0.1) is 10.1 Å². The van der Waals surface area contributed by atoms with Gasteiger partial charge >= 0.3 is 5.69 Å². The molecule has 0 aromatic carbocycles. The molecule has 9 heteroatoms. The zero-order valence-corrected chi connectivity index (χ0v) is 11.1. The summed E-state index contributed by atoms with van der Waals surface area (Å²) in [5.41, 5.74) is -0.0915. The SMILES string of the molecule is O=[N+]([O-])c1cnn(CC(O)CNCCCOCCO)c1. The van der Waals surface area contributed by atoms with Gasteiger partial charge < -0.3 is 20.3 Å². The van der Waals surface area contributed by atoms with Gasteiger partial charge in [0.25, 0.3) is 0 Å². The van der Waals surface area contributed by atoms with Crippen molar-refractivity contribution in [1.82, 2.24) is 15.1 Å². The van der Waals surface area contributed by atoms with Crippen LogP contribution in [-0.2, 0) is 11.3 Å². The molecule has 0 saturated carbocycles. The lowest BCUT2D eigenvalue weighted by molar-refractivity contribution is -0.385. The van der Waals surface area contributed by atoms with Crippen molar-refractivity contribution >= 4 is 5.69 Å². The van der Waals surface area contributed by atoms with E-state index in [0.29, 0.717) is 26.3 Å². The summed E-state index contributed by atoms with van der Waals surface area (Å²) in [6.07, 6.45) is 2.54. The van der Waals surface area contributed by atoms with Crippen LogP contribution in [0.15, 0.2) is 12.4 Å². The summed E-state index contributed by atoms with van der Waals surface area (Å²) in [6, 6.07) is 0. The van der Waals surface area contributed by atoms with E-state index in [-0.39, 0.29) is 18.8 Å². The van der Waals surface area contributed by atoms with Crippen molar-refractivity contribution in [2.24, 2.45) is 0 Å². The summed E-state index contributed by atoms with van der Waals surface area (Å²) in [7, 11) is 0. The standard InChI is InChI=1S/C11H20N4O5/c16-3-5-20-4-1-2-12-7-11(17)9-14-8-10(6-13-14)15(18)19/h6,8,11-12,16-17H,1-5,7,9H2. The number of aliphatic hydroxyl groups is 2. The van der Waals surface area contributed by atoms with E-state index >= 15 is 0 Å². The second-order valence-electron chi connectivity index (χ2n) is 4.23. The van der Waals surface area contributed by atoms with Crippen LogP contribution >= 0.6 is 0 Å². The van der Waals surface area contributed by atoms with Gasteiger partial charge in [-0.2, -0.15) is 5.10 Å². The molecule has 20 heavy (non-hydrogen) atoms. The number of nitrogens with zero attached hydrogens (tertiary/aromatic N) is 3. The molecule has 0 fully saturated rings. The molecule has 0 saturated heterocycles. The lowest BCUT2D eigenvalue weighted by atomic mass is 10.3. The third-order valence-corrected chi connectivity index (χ3v) is 2.49. The second-order valence-corrected chi connectivity index (χ2v) is 4.23. The molecule has 1 atom stereocenters. The van der Waals surface area contributed by atoms with E-state index in [0.717, 1.165) is 12.6 Å². The normalized spacial score (nSPS) is 12.5. The van der Waals surface area contributed by atoms with Gasteiger partial charge in [0, 0.05) is 13.2 Å². The zero-order valence-electron chi connectivity index (χ0n) is 11.1. The minimum absolute atomic E-state index is 0.0160. The number of hydrogen-bond donors (Lipinski definition) is 3. The number of rotatable bonds is 11. The summed E-state index contributed by atoms with van der Waals surface area (Å²) in [5, 5.41) is 35.5. The lowest BCUT2D eigenvalue weighted by Gasteiger charge is -2.11. The monoisotopic (exact) mass is 288 g/mol. The molecule has 1 aromatic rings. The van der Waals surface area contributed by atoms with Crippen LogP contribution in [0.4, 0.5) is 5.69 Å². The highest BCUT2D eigenvalue weighted by Crippen LogP contribution is 2.07. The van der Waals surface area contributed by atoms with Crippen molar-refractivity contribution in [3.8, 4) is 0 Å². The van der Waals surface area contributed by atoms with Gasteiger partial charge in [0.2, 0.25) is 0 Å². The van der Waals surface area contributed by atoms with Gasteiger partial charge in [0.05, 0.1) is 30.8 Å². The average molecular weight is 288 g/mol. The Morgan fingerprint density at radius 3 is 3.00 bits per heavy atom. The van der Waals surface area contributed by atoms with Crippen LogP contribution in [0.2, 0.25) is 0 Å². The maximum absolute atomic E-state index is 10.5. The van der Waals surface area contributed by atoms with Gasteiger partial charge in [-0.05, 0) is 13.0 Å². The Hall–Kier alpha value is -1.55. The fourth-order valence-corrected chi connectivity index (χ4v) is 1.56. The molecule has 0 amide bonds. The number of hydrogen-bond acceptors (Lipinski definition) is 7. The molecule has 9 nitrogen and oxygen atoms in total. The van der Waals surface area contributed by atoms with Crippen LogP contribution < -0.4 is 5.32 Å². The smallest absolute Gasteiger partial charge is 0.306 e. The van der Waals surface area contributed by atoms with Crippen LogP contribution in [0.25, 0.3) is 0 Å². The highest BCUT2D eigenvalue weighted by molar-refractivity contribution is 5.20. The highest BCUT2D eigenvalue weighted by atomic mass is 16.6. The molecule has 0 spiro atoms. The lowest BCUT2D eigenvalue weighted by Crippen LogP contribution is -2.31. The Kier molecular flexibility index (Phi) is 7.73. The predicted molar refractivity (Wildman–Crippen MR) is 70.3 cm³/mol. The zero-order chi connectivity index (χ0) is 14.8. The fourth-order valence-electron chi connectivity index (χ4n) is 1.56. The molecule has 114 valence electrons. The predicted octanol–water partition coefficient (Wildman–Crippen LogP) is -0.859. The second kappa shape index (κ2) is 9.37.